The first kappa shape index (κ1) is 16.4. The zero-order valence-electron chi connectivity index (χ0n) is 12.4. The highest BCUT2D eigenvalue weighted by atomic mass is 19.4. The predicted octanol–water partition coefficient (Wildman–Crippen LogP) is 1.84. The van der Waals surface area contributed by atoms with Crippen molar-refractivity contribution in [3.63, 3.8) is 0 Å². The van der Waals surface area contributed by atoms with Crippen molar-refractivity contribution in [1.82, 2.24) is 15.3 Å². The topological polar surface area (TPSA) is 73.3 Å². The van der Waals surface area contributed by atoms with Crippen molar-refractivity contribution < 1.29 is 27.4 Å². The van der Waals surface area contributed by atoms with E-state index in [1.807, 2.05) is 24.3 Å². The normalized spacial score (nSPS) is 21.0. The average Bonchev–Trinajstić information content (AvgIpc) is 2.99. The molecule has 2 heterocycles. The van der Waals surface area contributed by atoms with E-state index in [1.54, 1.807) is 0 Å². The molecular formula is C15H14F3N3O3. The number of ether oxygens (including phenoxy) is 2. The third kappa shape index (κ3) is 3.91. The lowest BCUT2D eigenvalue weighted by Gasteiger charge is -2.13. The van der Waals surface area contributed by atoms with Gasteiger partial charge in [0.15, 0.2) is 0 Å². The number of carbonyl (C=O) groups excluding carboxylic acids is 1. The van der Waals surface area contributed by atoms with E-state index in [0.29, 0.717) is 24.4 Å². The van der Waals surface area contributed by atoms with Gasteiger partial charge < -0.3 is 14.8 Å². The summed E-state index contributed by atoms with van der Waals surface area (Å²) in [6.07, 6.45) is -3.36. The van der Waals surface area contributed by atoms with Gasteiger partial charge in [0.25, 0.3) is 0 Å². The van der Waals surface area contributed by atoms with Crippen LogP contribution in [0.5, 0.6) is 5.88 Å². The van der Waals surface area contributed by atoms with Gasteiger partial charge in [-0.15, -0.1) is 0 Å². The SMILES string of the molecule is O=C(OCC1CC(Oc2cnc3ccccc3n2)CN1)C(F)(F)F. The van der Waals surface area contributed by atoms with Crippen LogP contribution in [-0.2, 0) is 9.53 Å². The highest BCUT2D eigenvalue weighted by molar-refractivity contribution is 5.75. The van der Waals surface area contributed by atoms with Gasteiger partial charge in [0.2, 0.25) is 5.88 Å². The van der Waals surface area contributed by atoms with Gasteiger partial charge in [-0.05, 0) is 12.1 Å². The smallest absolute Gasteiger partial charge is 0.472 e. The second-order valence-corrected chi connectivity index (χ2v) is 5.37. The number of benzene rings is 1. The van der Waals surface area contributed by atoms with Gasteiger partial charge in [-0.1, -0.05) is 12.1 Å². The van der Waals surface area contributed by atoms with Crippen LogP contribution in [0.2, 0.25) is 0 Å². The molecule has 128 valence electrons. The second-order valence-electron chi connectivity index (χ2n) is 5.37. The molecular weight excluding hydrogens is 327 g/mol. The number of nitrogens with zero attached hydrogens (tertiary/aromatic N) is 2. The highest BCUT2D eigenvalue weighted by Gasteiger charge is 2.41. The van der Waals surface area contributed by atoms with E-state index in [0.717, 1.165) is 5.52 Å². The highest BCUT2D eigenvalue weighted by Crippen LogP contribution is 2.20. The number of rotatable bonds is 4. The summed E-state index contributed by atoms with van der Waals surface area (Å²) in [4.78, 5) is 19.2. The number of hydrogen-bond donors (Lipinski definition) is 1. The summed E-state index contributed by atoms with van der Waals surface area (Å²) in [7, 11) is 0. The van der Waals surface area contributed by atoms with Crippen molar-refractivity contribution in [1.29, 1.82) is 0 Å². The van der Waals surface area contributed by atoms with Crippen molar-refractivity contribution in [2.45, 2.75) is 24.7 Å². The predicted molar refractivity (Wildman–Crippen MR) is 77.4 cm³/mol. The molecule has 1 aliphatic heterocycles. The Morgan fingerprint density at radius 1 is 1.29 bits per heavy atom. The third-order valence-electron chi connectivity index (χ3n) is 3.54. The second kappa shape index (κ2) is 6.60. The summed E-state index contributed by atoms with van der Waals surface area (Å²) in [6.45, 7) is 0.0599. The molecule has 1 fully saturated rings. The summed E-state index contributed by atoms with van der Waals surface area (Å²) in [5.41, 5.74) is 1.43. The maximum atomic E-state index is 12.1. The van der Waals surface area contributed by atoms with E-state index >= 15 is 0 Å². The number of para-hydroxylation sites is 2. The maximum absolute atomic E-state index is 12.1. The van der Waals surface area contributed by atoms with E-state index < -0.39 is 18.2 Å². The molecule has 2 atom stereocenters. The lowest BCUT2D eigenvalue weighted by atomic mass is 10.2. The summed E-state index contributed by atoms with van der Waals surface area (Å²) < 4.78 is 46.2. The summed E-state index contributed by atoms with van der Waals surface area (Å²) in [5, 5.41) is 2.95. The molecule has 0 bridgehead atoms. The van der Waals surface area contributed by atoms with Crippen LogP contribution in [0, 0.1) is 0 Å². The van der Waals surface area contributed by atoms with E-state index in [4.69, 9.17) is 4.74 Å². The molecule has 1 aliphatic rings. The van der Waals surface area contributed by atoms with Gasteiger partial charge in [0.1, 0.15) is 12.7 Å². The van der Waals surface area contributed by atoms with Crippen molar-refractivity contribution in [3.8, 4) is 5.88 Å². The number of esters is 1. The summed E-state index contributed by atoms with van der Waals surface area (Å²) in [5.74, 6) is -1.84. The Balaban J connectivity index is 1.53. The van der Waals surface area contributed by atoms with E-state index in [9.17, 15) is 18.0 Å². The molecule has 24 heavy (non-hydrogen) atoms. The number of halogens is 3. The molecule has 1 aromatic heterocycles. The minimum absolute atomic E-state index is 0.282. The Morgan fingerprint density at radius 2 is 2.04 bits per heavy atom. The lowest BCUT2D eigenvalue weighted by Crippen LogP contribution is -2.32. The number of aromatic nitrogens is 2. The zero-order chi connectivity index (χ0) is 17.2. The molecule has 0 amide bonds. The van der Waals surface area contributed by atoms with Crippen LogP contribution in [-0.4, -0.2) is 47.4 Å². The number of alkyl halides is 3. The minimum Gasteiger partial charge on any atom is -0.472 e. The average molecular weight is 341 g/mol. The van der Waals surface area contributed by atoms with Crippen molar-refractivity contribution in [2.24, 2.45) is 0 Å². The fourth-order valence-electron chi connectivity index (χ4n) is 2.42. The Bertz CT molecular complexity index is 738. The van der Waals surface area contributed by atoms with Crippen LogP contribution in [0.15, 0.2) is 30.5 Å². The van der Waals surface area contributed by atoms with E-state index in [2.05, 4.69) is 20.0 Å². The fourth-order valence-corrected chi connectivity index (χ4v) is 2.42. The standard InChI is InChI=1S/C15H14F3N3O3/c16-15(17,18)14(22)23-8-9-5-10(6-19-9)24-13-7-20-11-3-1-2-4-12(11)21-13/h1-4,7,9-10,19H,5-6,8H2. The monoisotopic (exact) mass is 341 g/mol. The van der Waals surface area contributed by atoms with E-state index in [1.165, 1.54) is 6.20 Å². The van der Waals surface area contributed by atoms with Crippen LogP contribution >= 0.6 is 0 Å². The van der Waals surface area contributed by atoms with Gasteiger partial charge >= 0.3 is 12.1 Å². The van der Waals surface area contributed by atoms with Crippen LogP contribution in [0.25, 0.3) is 11.0 Å². The van der Waals surface area contributed by atoms with Crippen LogP contribution in [0.4, 0.5) is 13.2 Å². The van der Waals surface area contributed by atoms with Gasteiger partial charge in [-0.3, -0.25) is 0 Å². The quantitative estimate of drug-likeness (QED) is 0.856. The fraction of sp³-hybridized carbons (Fsp3) is 0.400. The van der Waals surface area contributed by atoms with Gasteiger partial charge in [0, 0.05) is 19.0 Å². The molecule has 9 heteroatoms. The number of hydrogen-bond acceptors (Lipinski definition) is 6. The first-order valence-corrected chi connectivity index (χ1v) is 7.27. The third-order valence-corrected chi connectivity index (χ3v) is 3.54. The minimum atomic E-state index is -4.98. The van der Waals surface area contributed by atoms with Crippen LogP contribution in [0.3, 0.4) is 0 Å². The number of nitrogens with one attached hydrogen (secondary N) is 1. The Labute approximate surface area is 135 Å². The number of fused-ring (bicyclic) bond motifs is 1. The molecule has 0 aliphatic carbocycles. The Hall–Kier alpha value is -2.42. The molecule has 6 nitrogen and oxygen atoms in total. The van der Waals surface area contributed by atoms with Crippen LogP contribution < -0.4 is 10.1 Å². The van der Waals surface area contributed by atoms with Gasteiger partial charge in [-0.2, -0.15) is 13.2 Å². The molecule has 0 spiro atoms. The molecule has 3 rings (SSSR count). The Kier molecular flexibility index (Phi) is 4.52. The first-order chi connectivity index (χ1) is 11.4. The van der Waals surface area contributed by atoms with Crippen molar-refractivity contribution in [3.05, 3.63) is 30.5 Å². The van der Waals surface area contributed by atoms with E-state index in [-0.39, 0.29) is 12.7 Å². The first-order valence-electron chi connectivity index (χ1n) is 7.27. The molecule has 2 aromatic rings. The van der Waals surface area contributed by atoms with Gasteiger partial charge in [-0.25, -0.2) is 14.8 Å². The molecule has 1 aromatic carbocycles. The molecule has 2 unspecified atom stereocenters. The molecule has 0 saturated carbocycles. The molecule has 1 saturated heterocycles. The van der Waals surface area contributed by atoms with Crippen LogP contribution in [0.1, 0.15) is 6.42 Å². The number of carbonyl (C=O) groups is 1. The largest absolute Gasteiger partial charge is 0.490 e. The lowest BCUT2D eigenvalue weighted by molar-refractivity contribution is -0.200. The van der Waals surface area contributed by atoms with Crippen molar-refractivity contribution in [2.75, 3.05) is 13.2 Å². The maximum Gasteiger partial charge on any atom is 0.490 e. The Morgan fingerprint density at radius 3 is 2.79 bits per heavy atom. The summed E-state index contributed by atoms with van der Waals surface area (Å²) >= 11 is 0. The van der Waals surface area contributed by atoms with Crippen molar-refractivity contribution >= 4 is 17.0 Å². The zero-order valence-corrected chi connectivity index (χ0v) is 12.4. The molecule has 1 N–H and O–H groups in total. The van der Waals surface area contributed by atoms with Gasteiger partial charge in [0.05, 0.1) is 17.2 Å². The molecule has 0 radical (unpaired) electrons. The summed E-state index contributed by atoms with van der Waals surface area (Å²) in [6, 6.07) is 6.93.